The Hall–Kier alpha value is -1.98. The van der Waals surface area contributed by atoms with Crippen molar-refractivity contribution in [3.63, 3.8) is 0 Å². The lowest BCUT2D eigenvalue weighted by molar-refractivity contribution is 0.195. The summed E-state index contributed by atoms with van der Waals surface area (Å²) in [7, 11) is 0. The van der Waals surface area contributed by atoms with Crippen molar-refractivity contribution < 1.29 is 5.11 Å². The Labute approximate surface area is 156 Å². The minimum Gasteiger partial charge on any atom is -0.388 e. The Morgan fingerprint density at radius 3 is 2.50 bits per heavy atom. The molecule has 1 saturated heterocycles. The van der Waals surface area contributed by atoms with Crippen LogP contribution in [0.15, 0.2) is 42.0 Å². The molecule has 1 aliphatic rings. The second-order valence-electron chi connectivity index (χ2n) is 7.24. The second kappa shape index (κ2) is 9.10. The van der Waals surface area contributed by atoms with Crippen LogP contribution in [0.3, 0.4) is 0 Å². The van der Waals surface area contributed by atoms with Crippen molar-refractivity contribution in [2.45, 2.75) is 46.1 Å². The predicted octanol–water partition coefficient (Wildman–Crippen LogP) is 3.37. The summed E-state index contributed by atoms with van der Waals surface area (Å²) in [6.45, 7) is 7.71. The predicted molar refractivity (Wildman–Crippen MR) is 104 cm³/mol. The topological polar surface area (TPSA) is 54.2 Å². The highest BCUT2D eigenvalue weighted by Gasteiger charge is 2.23. The van der Waals surface area contributed by atoms with Crippen LogP contribution in [0.25, 0.3) is 5.69 Å². The maximum atomic E-state index is 9.63. The number of nitrogens with zero attached hydrogens (tertiary/aromatic N) is 4. The van der Waals surface area contributed by atoms with Crippen LogP contribution in [0.2, 0.25) is 0 Å². The molecule has 26 heavy (non-hydrogen) atoms. The van der Waals surface area contributed by atoms with Gasteiger partial charge in [-0.05, 0) is 57.3 Å². The van der Waals surface area contributed by atoms with Crippen molar-refractivity contribution in [3.8, 4) is 5.69 Å². The van der Waals surface area contributed by atoms with Crippen LogP contribution in [-0.2, 0) is 13.0 Å². The molecular formula is C21H30N4O. The second-order valence-corrected chi connectivity index (χ2v) is 7.24. The number of aliphatic hydroxyl groups excluding tert-OH is 1. The first-order valence-electron chi connectivity index (χ1n) is 9.68. The van der Waals surface area contributed by atoms with E-state index in [1.54, 1.807) is 0 Å². The first-order chi connectivity index (χ1) is 12.7. The van der Waals surface area contributed by atoms with Gasteiger partial charge >= 0.3 is 0 Å². The number of aromatic nitrogens is 3. The quantitative estimate of drug-likeness (QED) is 0.775. The molecule has 1 aliphatic heterocycles. The summed E-state index contributed by atoms with van der Waals surface area (Å²) in [4.78, 5) is 2.55. The summed E-state index contributed by atoms with van der Waals surface area (Å²) in [5.74, 6) is 2.20. The van der Waals surface area contributed by atoms with E-state index in [2.05, 4.69) is 35.0 Å². The summed E-state index contributed by atoms with van der Waals surface area (Å²) in [6.07, 6.45) is 6.74. The van der Waals surface area contributed by atoms with Gasteiger partial charge in [0.2, 0.25) is 0 Å². The molecule has 0 radical (unpaired) electrons. The van der Waals surface area contributed by atoms with E-state index in [0.29, 0.717) is 11.7 Å². The van der Waals surface area contributed by atoms with Gasteiger partial charge in [-0.3, -0.25) is 9.47 Å². The third kappa shape index (κ3) is 4.59. The number of para-hydroxylation sites is 1. The van der Waals surface area contributed by atoms with Crippen molar-refractivity contribution in [3.05, 3.63) is 53.6 Å². The van der Waals surface area contributed by atoms with Crippen LogP contribution < -0.4 is 0 Å². The van der Waals surface area contributed by atoms with E-state index in [1.165, 1.54) is 18.4 Å². The molecule has 0 aliphatic carbocycles. The first kappa shape index (κ1) is 18.8. The lowest BCUT2D eigenvalue weighted by Crippen LogP contribution is -2.35. The highest BCUT2D eigenvalue weighted by atomic mass is 16.3. The SMILES string of the molecule is CCC=C(C)CN1CCC(Cc2nnc(CO)n2-c2ccccc2)CC1. The summed E-state index contributed by atoms with van der Waals surface area (Å²) >= 11 is 0. The normalized spacial score (nSPS) is 17.0. The van der Waals surface area contributed by atoms with Crippen LogP contribution in [0.5, 0.6) is 0 Å². The van der Waals surface area contributed by atoms with Crippen LogP contribution in [0.4, 0.5) is 0 Å². The highest BCUT2D eigenvalue weighted by Crippen LogP contribution is 2.23. The van der Waals surface area contributed by atoms with Crippen molar-refractivity contribution in [1.82, 2.24) is 19.7 Å². The Kier molecular flexibility index (Phi) is 6.58. The van der Waals surface area contributed by atoms with Gasteiger partial charge in [0.15, 0.2) is 5.82 Å². The molecule has 140 valence electrons. The molecule has 0 bridgehead atoms. The number of allylic oxidation sites excluding steroid dienone is 1. The lowest BCUT2D eigenvalue weighted by atomic mass is 9.93. The van der Waals surface area contributed by atoms with Crippen molar-refractivity contribution in [2.75, 3.05) is 19.6 Å². The van der Waals surface area contributed by atoms with Gasteiger partial charge in [-0.1, -0.05) is 36.8 Å². The standard InChI is InChI=1S/C21H30N4O/c1-3-7-17(2)15-24-12-10-18(11-13-24)14-20-22-23-21(16-26)25(20)19-8-5-4-6-9-19/h4-9,18,26H,3,10-16H2,1-2H3. The van der Waals surface area contributed by atoms with Gasteiger partial charge < -0.3 is 5.11 Å². The van der Waals surface area contributed by atoms with Crippen molar-refractivity contribution in [2.24, 2.45) is 5.92 Å². The smallest absolute Gasteiger partial charge is 0.163 e. The summed E-state index contributed by atoms with van der Waals surface area (Å²) < 4.78 is 2.01. The number of hydrogen-bond acceptors (Lipinski definition) is 4. The van der Waals surface area contributed by atoms with E-state index in [-0.39, 0.29) is 6.61 Å². The average molecular weight is 354 g/mol. The van der Waals surface area contributed by atoms with Gasteiger partial charge in [0.1, 0.15) is 12.4 Å². The molecule has 3 rings (SSSR count). The highest BCUT2D eigenvalue weighted by molar-refractivity contribution is 5.34. The summed E-state index contributed by atoms with van der Waals surface area (Å²) in [5.41, 5.74) is 2.50. The molecule has 1 aromatic carbocycles. The van der Waals surface area contributed by atoms with Gasteiger partial charge in [-0.2, -0.15) is 0 Å². The first-order valence-corrected chi connectivity index (χ1v) is 9.68. The molecule has 0 saturated carbocycles. The fourth-order valence-corrected chi connectivity index (χ4v) is 3.84. The fourth-order valence-electron chi connectivity index (χ4n) is 3.84. The zero-order valence-electron chi connectivity index (χ0n) is 15.9. The zero-order chi connectivity index (χ0) is 18.4. The molecule has 0 unspecified atom stereocenters. The molecule has 5 heteroatoms. The Morgan fingerprint density at radius 2 is 1.85 bits per heavy atom. The van der Waals surface area contributed by atoms with Gasteiger partial charge in [-0.15, -0.1) is 10.2 Å². The van der Waals surface area contributed by atoms with E-state index >= 15 is 0 Å². The van der Waals surface area contributed by atoms with Crippen LogP contribution in [-0.4, -0.2) is 44.4 Å². The van der Waals surface area contributed by atoms with Gasteiger partial charge in [-0.25, -0.2) is 0 Å². The van der Waals surface area contributed by atoms with Crippen LogP contribution >= 0.6 is 0 Å². The molecule has 5 nitrogen and oxygen atoms in total. The third-order valence-corrected chi connectivity index (χ3v) is 5.16. The van der Waals surface area contributed by atoms with Crippen LogP contribution in [0.1, 0.15) is 44.8 Å². The number of aliphatic hydroxyl groups is 1. The monoisotopic (exact) mass is 354 g/mol. The molecule has 0 atom stereocenters. The number of rotatable bonds is 7. The number of likely N-dealkylation sites (tertiary alicyclic amines) is 1. The Balaban J connectivity index is 1.64. The maximum absolute atomic E-state index is 9.63. The minimum atomic E-state index is -0.0939. The Bertz CT molecular complexity index is 715. The molecule has 0 spiro atoms. The molecule has 1 N–H and O–H groups in total. The molecule has 1 fully saturated rings. The largest absolute Gasteiger partial charge is 0.388 e. The van der Waals surface area contributed by atoms with E-state index in [4.69, 9.17) is 0 Å². The molecule has 2 heterocycles. The number of benzene rings is 1. The number of hydrogen-bond donors (Lipinski definition) is 1. The lowest BCUT2D eigenvalue weighted by Gasteiger charge is -2.32. The van der Waals surface area contributed by atoms with E-state index < -0.39 is 0 Å². The van der Waals surface area contributed by atoms with Gasteiger partial charge in [0.25, 0.3) is 0 Å². The molecule has 1 aromatic heterocycles. The van der Waals surface area contributed by atoms with E-state index in [0.717, 1.165) is 44.0 Å². The van der Waals surface area contributed by atoms with E-state index in [1.807, 2.05) is 34.9 Å². The van der Waals surface area contributed by atoms with Gasteiger partial charge in [0, 0.05) is 18.7 Å². The maximum Gasteiger partial charge on any atom is 0.163 e. The summed E-state index contributed by atoms with van der Waals surface area (Å²) in [5, 5.41) is 18.2. The van der Waals surface area contributed by atoms with Crippen molar-refractivity contribution >= 4 is 0 Å². The third-order valence-electron chi connectivity index (χ3n) is 5.16. The zero-order valence-corrected chi connectivity index (χ0v) is 15.9. The van der Waals surface area contributed by atoms with Gasteiger partial charge in [0.05, 0.1) is 0 Å². The average Bonchev–Trinajstić information content (AvgIpc) is 3.07. The number of piperidine rings is 1. The van der Waals surface area contributed by atoms with Crippen molar-refractivity contribution in [1.29, 1.82) is 0 Å². The molecule has 2 aromatic rings. The van der Waals surface area contributed by atoms with E-state index in [9.17, 15) is 5.11 Å². The minimum absolute atomic E-state index is 0.0939. The van der Waals surface area contributed by atoms with Crippen LogP contribution in [0, 0.1) is 5.92 Å². The fraction of sp³-hybridized carbons (Fsp3) is 0.524. The Morgan fingerprint density at radius 1 is 1.15 bits per heavy atom. The summed E-state index contributed by atoms with van der Waals surface area (Å²) in [6, 6.07) is 10.1. The molecular weight excluding hydrogens is 324 g/mol. The molecule has 0 amide bonds.